The number of hydrogen-bond donors (Lipinski definition) is 1. The number of carbonyl (C=O) groups is 1. The maximum atomic E-state index is 13.3. The second-order valence-electron chi connectivity index (χ2n) is 17.3. The Kier molecular flexibility index (Phi) is 8.87. The van der Waals surface area contributed by atoms with Crippen molar-refractivity contribution >= 4 is 5.97 Å². The maximum absolute atomic E-state index is 13.3. The van der Waals surface area contributed by atoms with Gasteiger partial charge in [0, 0.05) is 12.0 Å². The number of esters is 1. The number of rotatable bonds is 7. The molecule has 0 aromatic heterocycles. The second kappa shape index (κ2) is 11.5. The van der Waals surface area contributed by atoms with Crippen LogP contribution in [0.2, 0.25) is 0 Å². The number of carbonyl (C=O) groups excluding carboxylic acids is 1. The summed E-state index contributed by atoms with van der Waals surface area (Å²) >= 11 is 0. The summed E-state index contributed by atoms with van der Waals surface area (Å²) in [7, 11) is 2.17. The van der Waals surface area contributed by atoms with Gasteiger partial charge in [-0.15, -0.1) is 0 Å². The van der Waals surface area contributed by atoms with E-state index in [1.165, 1.54) is 37.7 Å². The third kappa shape index (κ3) is 5.04. The number of quaternary nitrogens is 1. The normalized spacial score (nSPS) is 45.1. The highest BCUT2D eigenvalue weighted by atomic mass is 16.5. The van der Waals surface area contributed by atoms with E-state index in [1.807, 2.05) is 0 Å². The first-order valence-electron chi connectivity index (χ1n) is 17.5. The minimum atomic E-state index is -0.0321. The molecule has 0 radical (unpaired) electrons. The molecule has 0 aromatic carbocycles. The van der Waals surface area contributed by atoms with Crippen LogP contribution in [0.15, 0.2) is 12.2 Å². The molecule has 240 valence electrons. The van der Waals surface area contributed by atoms with Crippen LogP contribution in [-0.2, 0) is 14.3 Å². The number of hydrogen-bond acceptors (Lipinski definition) is 4. The summed E-state index contributed by atoms with van der Waals surface area (Å²) in [6.45, 7) is 25.8. The van der Waals surface area contributed by atoms with Crippen LogP contribution in [0, 0.1) is 57.2 Å². The first kappa shape index (κ1) is 32.5. The molecule has 1 N–H and O–H groups in total. The Hall–Kier alpha value is -0.910. The van der Waals surface area contributed by atoms with Crippen LogP contribution in [0.25, 0.3) is 0 Å². The van der Waals surface area contributed by atoms with Crippen molar-refractivity contribution < 1.29 is 23.9 Å². The molecule has 1 saturated heterocycles. The molecular weight excluding hydrogens is 522 g/mol. The molecule has 0 bridgehead atoms. The number of aliphatic hydroxyl groups excluding tert-OH is 1. The molecule has 4 saturated carbocycles. The van der Waals surface area contributed by atoms with Gasteiger partial charge in [-0.3, -0.25) is 0 Å². The number of fused-ring (bicyclic) bond motifs is 5. The van der Waals surface area contributed by atoms with Gasteiger partial charge in [0.2, 0.25) is 0 Å². The SMILES string of the molecule is C=C(C)[C@H](CC)C1C2CCC3[C@@]4(C)CCC(OC(=O)C[N+]5(C)CCOCC5)C(C)(C)C4CC[C@@]3(C)[C@]2(C)CC[C@@H]1CO. The molecule has 0 amide bonds. The lowest BCUT2D eigenvalue weighted by Gasteiger charge is -2.72. The Labute approximate surface area is 257 Å². The Morgan fingerprint density at radius 1 is 0.976 bits per heavy atom. The second-order valence-corrected chi connectivity index (χ2v) is 17.3. The van der Waals surface area contributed by atoms with Crippen LogP contribution in [0.5, 0.6) is 0 Å². The standard InChI is InChI=1S/C37H64NO4/c1-10-27(25(2)3)33-26(24-39)13-17-36(7)28(33)11-12-30-35(6)16-15-31(34(4,5)29(35)14-18-37(30,36)8)42-32(40)23-38(9)19-21-41-22-20-38/h26-31,33,39H,2,10-24H2,1,3-9H3/q+1/t26-,27+,28?,29?,30?,31?,33?,35+,36-,37-/m1/s1. The third-order valence-electron chi connectivity index (χ3n) is 15.0. The average molecular weight is 587 g/mol. The van der Waals surface area contributed by atoms with Gasteiger partial charge >= 0.3 is 5.97 Å². The fourth-order valence-corrected chi connectivity index (χ4v) is 12.5. The largest absolute Gasteiger partial charge is 0.458 e. The van der Waals surface area contributed by atoms with E-state index in [0.717, 1.165) is 56.5 Å². The molecule has 5 fully saturated rings. The first-order chi connectivity index (χ1) is 19.7. The molecule has 1 heterocycles. The van der Waals surface area contributed by atoms with E-state index in [-0.39, 0.29) is 28.3 Å². The Bertz CT molecular complexity index is 1020. The van der Waals surface area contributed by atoms with Crippen LogP contribution in [0.3, 0.4) is 0 Å². The topological polar surface area (TPSA) is 55.8 Å². The number of morpholine rings is 1. The van der Waals surface area contributed by atoms with Crippen LogP contribution in [0.1, 0.15) is 106 Å². The fourth-order valence-electron chi connectivity index (χ4n) is 12.5. The number of likely N-dealkylation sites (N-methyl/N-ethyl adjacent to an activating group) is 1. The van der Waals surface area contributed by atoms with Crippen LogP contribution >= 0.6 is 0 Å². The predicted molar refractivity (Wildman–Crippen MR) is 170 cm³/mol. The zero-order valence-corrected chi connectivity index (χ0v) is 28.5. The maximum Gasteiger partial charge on any atom is 0.362 e. The highest BCUT2D eigenvalue weighted by molar-refractivity contribution is 5.71. The van der Waals surface area contributed by atoms with Crippen molar-refractivity contribution in [1.29, 1.82) is 0 Å². The van der Waals surface area contributed by atoms with Crippen molar-refractivity contribution in [2.24, 2.45) is 57.2 Å². The van der Waals surface area contributed by atoms with Crippen molar-refractivity contribution in [1.82, 2.24) is 0 Å². The highest BCUT2D eigenvalue weighted by Gasteiger charge is 2.69. The van der Waals surface area contributed by atoms with Gasteiger partial charge in [0.15, 0.2) is 6.54 Å². The number of allylic oxidation sites excluding steroid dienone is 1. The zero-order valence-electron chi connectivity index (χ0n) is 28.5. The lowest BCUT2D eigenvalue weighted by Crippen LogP contribution is -2.66. The molecule has 5 nitrogen and oxygen atoms in total. The van der Waals surface area contributed by atoms with E-state index in [1.54, 1.807) is 0 Å². The van der Waals surface area contributed by atoms with Gasteiger partial charge in [-0.05, 0) is 116 Å². The highest BCUT2D eigenvalue weighted by Crippen LogP contribution is 2.75. The summed E-state index contributed by atoms with van der Waals surface area (Å²) in [6.07, 6.45) is 10.7. The van der Waals surface area contributed by atoms with Gasteiger partial charge in [-0.1, -0.05) is 53.7 Å². The summed E-state index contributed by atoms with van der Waals surface area (Å²) in [5.74, 6) is 3.34. The summed E-state index contributed by atoms with van der Waals surface area (Å²) < 4.78 is 12.7. The first-order valence-corrected chi connectivity index (χ1v) is 17.5. The van der Waals surface area contributed by atoms with Crippen molar-refractivity contribution in [3.8, 4) is 0 Å². The fraction of sp³-hybridized carbons (Fsp3) is 0.919. The Morgan fingerprint density at radius 2 is 1.64 bits per heavy atom. The molecule has 5 heteroatoms. The van der Waals surface area contributed by atoms with Crippen LogP contribution in [-0.4, -0.2) is 68.2 Å². The monoisotopic (exact) mass is 586 g/mol. The summed E-state index contributed by atoms with van der Waals surface area (Å²) in [5, 5.41) is 10.5. The van der Waals surface area contributed by atoms with E-state index in [0.29, 0.717) is 54.1 Å². The van der Waals surface area contributed by atoms with Crippen molar-refractivity contribution in [3.63, 3.8) is 0 Å². The van der Waals surface area contributed by atoms with Gasteiger partial charge in [-0.25, -0.2) is 4.79 Å². The van der Waals surface area contributed by atoms with E-state index in [4.69, 9.17) is 9.47 Å². The Morgan fingerprint density at radius 3 is 2.26 bits per heavy atom. The van der Waals surface area contributed by atoms with Gasteiger partial charge in [0.1, 0.15) is 19.2 Å². The minimum Gasteiger partial charge on any atom is -0.458 e. The smallest absolute Gasteiger partial charge is 0.362 e. The van der Waals surface area contributed by atoms with Crippen LogP contribution < -0.4 is 0 Å². The minimum absolute atomic E-state index is 0.00255. The van der Waals surface area contributed by atoms with E-state index >= 15 is 0 Å². The lowest BCUT2D eigenvalue weighted by atomic mass is 9.32. The molecule has 5 unspecified atom stereocenters. The molecule has 0 spiro atoms. The molecule has 5 aliphatic rings. The molecule has 10 atom stereocenters. The lowest BCUT2D eigenvalue weighted by molar-refractivity contribution is -0.910. The number of nitrogens with zero attached hydrogens (tertiary/aromatic N) is 1. The van der Waals surface area contributed by atoms with Gasteiger partial charge in [0.05, 0.1) is 20.3 Å². The van der Waals surface area contributed by atoms with E-state index in [2.05, 4.69) is 62.1 Å². The van der Waals surface area contributed by atoms with Gasteiger partial charge in [0.25, 0.3) is 0 Å². The number of ether oxygens (including phenoxy) is 2. The quantitative estimate of drug-likeness (QED) is 0.194. The zero-order chi connectivity index (χ0) is 30.7. The predicted octanol–water partition coefficient (Wildman–Crippen LogP) is 7.27. The van der Waals surface area contributed by atoms with Crippen LogP contribution in [0.4, 0.5) is 0 Å². The van der Waals surface area contributed by atoms with E-state index in [9.17, 15) is 9.90 Å². The van der Waals surface area contributed by atoms with Gasteiger partial charge in [-0.2, -0.15) is 0 Å². The summed E-state index contributed by atoms with van der Waals surface area (Å²) in [5.41, 5.74) is 2.12. The molecule has 5 rings (SSSR count). The van der Waals surface area contributed by atoms with Crippen molar-refractivity contribution in [2.75, 3.05) is 46.5 Å². The molecule has 4 aliphatic carbocycles. The number of aliphatic hydroxyl groups is 1. The summed E-state index contributed by atoms with van der Waals surface area (Å²) in [6, 6.07) is 0. The van der Waals surface area contributed by atoms with Gasteiger partial charge < -0.3 is 19.1 Å². The van der Waals surface area contributed by atoms with E-state index < -0.39 is 0 Å². The summed E-state index contributed by atoms with van der Waals surface area (Å²) in [4.78, 5) is 13.3. The van der Waals surface area contributed by atoms with Crippen molar-refractivity contribution in [3.05, 3.63) is 12.2 Å². The third-order valence-corrected chi connectivity index (χ3v) is 15.0. The molecule has 42 heavy (non-hydrogen) atoms. The molecule has 0 aromatic rings. The van der Waals surface area contributed by atoms with Crippen molar-refractivity contribution in [2.45, 2.75) is 112 Å². The Balaban J connectivity index is 1.37. The molecular formula is C37H64NO4+. The average Bonchev–Trinajstić information content (AvgIpc) is 2.91. The molecule has 1 aliphatic heterocycles.